The van der Waals surface area contributed by atoms with Crippen LogP contribution in [0, 0.1) is 0 Å². The van der Waals surface area contributed by atoms with Gasteiger partial charge in [0.25, 0.3) is 5.92 Å². The van der Waals surface area contributed by atoms with Crippen LogP contribution in [0.1, 0.15) is 62.6 Å². The Kier molecular flexibility index (Phi) is 5.06. The molecule has 0 amide bonds. The summed E-state index contributed by atoms with van der Waals surface area (Å²) < 4.78 is 28.3. The van der Waals surface area contributed by atoms with Crippen LogP contribution in [0.3, 0.4) is 0 Å². The van der Waals surface area contributed by atoms with Crippen LogP contribution in [0.4, 0.5) is 14.6 Å². The number of halogens is 2. The van der Waals surface area contributed by atoms with Crippen molar-refractivity contribution in [2.24, 2.45) is 0 Å². The smallest absolute Gasteiger partial charge is 0.260 e. The number of aromatic nitrogens is 5. The van der Waals surface area contributed by atoms with Crippen LogP contribution < -0.4 is 10.2 Å². The fourth-order valence-corrected chi connectivity index (χ4v) is 6.07. The number of anilines is 1. The molecule has 1 atom stereocenters. The minimum absolute atomic E-state index is 0.157. The second kappa shape index (κ2) is 8.15. The summed E-state index contributed by atoms with van der Waals surface area (Å²) in [6.07, 6.45) is 11.0. The van der Waals surface area contributed by atoms with Gasteiger partial charge in [0.15, 0.2) is 5.82 Å². The van der Waals surface area contributed by atoms with Crippen molar-refractivity contribution in [2.45, 2.75) is 68.7 Å². The van der Waals surface area contributed by atoms with E-state index in [2.05, 4.69) is 32.2 Å². The van der Waals surface area contributed by atoms with E-state index < -0.39 is 11.3 Å². The molecule has 1 aliphatic heterocycles. The molecule has 9 heteroatoms. The van der Waals surface area contributed by atoms with Gasteiger partial charge in [-0.25, -0.2) is 23.7 Å². The predicted octanol–water partition coefficient (Wildman–Crippen LogP) is 5.32. The Bertz CT molecular complexity index is 1510. The third-order valence-corrected chi connectivity index (χ3v) is 8.98. The van der Waals surface area contributed by atoms with E-state index in [1.165, 1.54) is 24.8 Å². The summed E-state index contributed by atoms with van der Waals surface area (Å²) in [6, 6.07) is 4.07. The van der Waals surface area contributed by atoms with E-state index in [0.717, 1.165) is 53.6 Å². The van der Waals surface area contributed by atoms with Crippen LogP contribution >= 0.6 is 0 Å². The number of fused-ring (bicyclic) bond motifs is 2. The molecule has 0 radical (unpaired) electrons. The first-order chi connectivity index (χ1) is 17.9. The van der Waals surface area contributed by atoms with E-state index in [0.29, 0.717) is 29.1 Å². The lowest BCUT2D eigenvalue weighted by atomic mass is 9.79. The van der Waals surface area contributed by atoms with E-state index in [9.17, 15) is 8.78 Å². The quantitative estimate of drug-likeness (QED) is 0.384. The molecule has 1 unspecified atom stereocenters. The molecule has 2 N–H and O–H groups in total. The number of hydrogen-bond acceptors (Lipinski definition) is 6. The van der Waals surface area contributed by atoms with E-state index >= 15 is 0 Å². The SMILES string of the molecule is CN(c1nc(-c2ccnc3[nH]c(C4(C)CC4(F)F)cc23)nc2cncc(C3CCC3)c12)C1CCNCC1. The van der Waals surface area contributed by atoms with E-state index in [-0.39, 0.29) is 6.42 Å². The zero-order valence-electron chi connectivity index (χ0n) is 21.2. The first kappa shape index (κ1) is 23.0. The summed E-state index contributed by atoms with van der Waals surface area (Å²) in [6.45, 7) is 3.58. The monoisotopic (exact) mass is 503 g/mol. The molecule has 0 aromatic carbocycles. The standard InChI is InChI=1S/C28H31F2N7/c1-27(15-28(27,29)30)22-12-19-18(8-11-33-24(19)35-22)25-34-21-14-32-13-20(16-4-3-5-16)23(21)26(36-25)37(2)17-6-9-31-10-7-17/h8,11-14,16-17,31H,3-7,9-10,15H2,1-2H3,(H,33,35). The lowest BCUT2D eigenvalue weighted by molar-refractivity contribution is 0.0912. The van der Waals surface area contributed by atoms with Gasteiger partial charge >= 0.3 is 0 Å². The van der Waals surface area contributed by atoms with Gasteiger partial charge in [-0.15, -0.1) is 0 Å². The highest BCUT2D eigenvalue weighted by Crippen LogP contribution is 2.61. The maximum absolute atomic E-state index is 14.2. The molecule has 192 valence electrons. The number of H-pyrrole nitrogens is 1. The summed E-state index contributed by atoms with van der Waals surface area (Å²) in [5.41, 5.74) is 2.75. The Morgan fingerprint density at radius 3 is 2.57 bits per heavy atom. The first-order valence-corrected chi connectivity index (χ1v) is 13.3. The molecule has 0 bridgehead atoms. The number of piperidine rings is 1. The zero-order chi connectivity index (χ0) is 25.4. The summed E-state index contributed by atoms with van der Waals surface area (Å²) in [7, 11) is 2.14. The van der Waals surface area contributed by atoms with Crippen molar-refractivity contribution in [3.05, 3.63) is 42.0 Å². The van der Waals surface area contributed by atoms with Crippen LogP contribution in [0.2, 0.25) is 0 Å². The maximum atomic E-state index is 14.2. The lowest BCUT2D eigenvalue weighted by Gasteiger charge is -2.34. The van der Waals surface area contributed by atoms with E-state index in [1.807, 2.05) is 24.5 Å². The summed E-state index contributed by atoms with van der Waals surface area (Å²) in [5.74, 6) is -0.715. The molecule has 7 nitrogen and oxygen atoms in total. The van der Waals surface area contributed by atoms with Crippen LogP contribution in [0.25, 0.3) is 33.3 Å². The lowest BCUT2D eigenvalue weighted by Crippen LogP contribution is -2.41. The molecule has 7 rings (SSSR count). The van der Waals surface area contributed by atoms with Gasteiger partial charge < -0.3 is 15.2 Å². The third-order valence-electron chi connectivity index (χ3n) is 8.98. The second-order valence-corrected chi connectivity index (χ2v) is 11.2. The molecule has 4 aromatic rings. The first-order valence-electron chi connectivity index (χ1n) is 13.3. The van der Waals surface area contributed by atoms with E-state index in [4.69, 9.17) is 9.97 Å². The molecule has 4 aromatic heterocycles. The average Bonchev–Trinajstić information content (AvgIpc) is 3.18. The minimum atomic E-state index is -2.71. The number of nitrogens with one attached hydrogen (secondary N) is 2. The van der Waals surface area contributed by atoms with Gasteiger partial charge in [-0.05, 0) is 69.3 Å². The van der Waals surface area contributed by atoms with Crippen LogP contribution in [0.15, 0.2) is 30.7 Å². The number of pyridine rings is 2. The molecule has 2 saturated carbocycles. The largest absolute Gasteiger partial charge is 0.356 e. The maximum Gasteiger partial charge on any atom is 0.260 e. The highest BCUT2D eigenvalue weighted by Gasteiger charge is 2.69. The van der Waals surface area contributed by atoms with Crippen molar-refractivity contribution in [1.29, 1.82) is 0 Å². The number of alkyl halides is 2. The van der Waals surface area contributed by atoms with Crippen molar-refractivity contribution < 1.29 is 8.78 Å². The Morgan fingerprint density at radius 2 is 1.86 bits per heavy atom. The number of aromatic amines is 1. The number of nitrogens with zero attached hydrogens (tertiary/aromatic N) is 5. The second-order valence-electron chi connectivity index (χ2n) is 11.2. The van der Waals surface area contributed by atoms with Crippen molar-refractivity contribution >= 4 is 27.8 Å². The molecule has 0 spiro atoms. The Balaban J connectivity index is 1.41. The Labute approximate surface area is 214 Å². The molecule has 37 heavy (non-hydrogen) atoms. The van der Waals surface area contributed by atoms with Gasteiger partial charge in [0.1, 0.15) is 11.5 Å². The van der Waals surface area contributed by atoms with Gasteiger partial charge in [-0.3, -0.25) is 4.98 Å². The molecular formula is C28H31F2N7. The van der Waals surface area contributed by atoms with Gasteiger partial charge in [0.05, 0.1) is 17.1 Å². The highest BCUT2D eigenvalue weighted by atomic mass is 19.3. The van der Waals surface area contributed by atoms with E-state index in [1.54, 1.807) is 13.1 Å². The number of hydrogen-bond donors (Lipinski definition) is 2. The minimum Gasteiger partial charge on any atom is -0.356 e. The summed E-state index contributed by atoms with van der Waals surface area (Å²) >= 11 is 0. The van der Waals surface area contributed by atoms with Crippen molar-refractivity contribution in [3.8, 4) is 11.4 Å². The highest BCUT2D eigenvalue weighted by molar-refractivity contribution is 5.97. The van der Waals surface area contributed by atoms with Gasteiger partial charge in [0.2, 0.25) is 0 Å². The fourth-order valence-electron chi connectivity index (χ4n) is 6.07. The van der Waals surface area contributed by atoms with Crippen molar-refractivity contribution in [2.75, 3.05) is 25.0 Å². The zero-order valence-corrected chi connectivity index (χ0v) is 21.2. The predicted molar refractivity (Wildman–Crippen MR) is 140 cm³/mol. The Hall–Kier alpha value is -3.20. The average molecular weight is 504 g/mol. The van der Waals surface area contributed by atoms with Crippen LogP contribution in [-0.4, -0.2) is 57.0 Å². The summed E-state index contributed by atoms with van der Waals surface area (Å²) in [5, 5.41) is 5.31. The Morgan fingerprint density at radius 1 is 1.08 bits per heavy atom. The van der Waals surface area contributed by atoms with Gasteiger partial charge in [-0.1, -0.05) is 6.42 Å². The molecule has 1 saturated heterocycles. The molecule has 3 aliphatic rings. The molecule has 2 aliphatic carbocycles. The van der Waals surface area contributed by atoms with Crippen LogP contribution in [0.5, 0.6) is 0 Å². The van der Waals surface area contributed by atoms with Gasteiger partial charge in [0, 0.05) is 53.9 Å². The normalized spacial score (nSPS) is 23.9. The van der Waals surface area contributed by atoms with Crippen LogP contribution in [-0.2, 0) is 5.41 Å². The topological polar surface area (TPSA) is 82.6 Å². The fraction of sp³-hybridized carbons (Fsp3) is 0.500. The van der Waals surface area contributed by atoms with Crippen molar-refractivity contribution in [3.63, 3.8) is 0 Å². The number of rotatable bonds is 5. The summed E-state index contributed by atoms with van der Waals surface area (Å²) in [4.78, 5) is 24.7. The molecule has 5 heterocycles. The third kappa shape index (κ3) is 3.54. The van der Waals surface area contributed by atoms with Crippen molar-refractivity contribution in [1.82, 2.24) is 30.2 Å². The molecular weight excluding hydrogens is 472 g/mol. The molecule has 3 fully saturated rings. The van der Waals surface area contributed by atoms with Gasteiger partial charge in [-0.2, -0.15) is 0 Å².